The zero-order valence-electron chi connectivity index (χ0n) is 14.3. The Bertz CT molecular complexity index is 857. The number of carbonyl (C=O) groups excluding carboxylic acids is 1. The molecule has 0 amide bonds. The molecule has 3 rings (SSSR count). The standard InChI is InChI=1S/C20H20N2O3/c1-24-16-7-5-15(20(13-16)25-2)6-8-19(23)17-9-10-21-14-18(17)22-11-3-4-12-22/h3-5,7,9-14H,6,8H2,1-2H3. The molecule has 5 nitrogen and oxygen atoms in total. The monoisotopic (exact) mass is 336 g/mol. The van der Waals surface area contributed by atoms with Crippen molar-refractivity contribution in [3.63, 3.8) is 0 Å². The van der Waals surface area contributed by atoms with Crippen LogP contribution in [0.1, 0.15) is 22.3 Å². The summed E-state index contributed by atoms with van der Waals surface area (Å²) < 4.78 is 12.5. The van der Waals surface area contributed by atoms with Gasteiger partial charge in [-0.1, -0.05) is 6.07 Å². The maximum absolute atomic E-state index is 12.8. The summed E-state index contributed by atoms with van der Waals surface area (Å²) in [6, 6.07) is 11.2. The first-order valence-corrected chi connectivity index (χ1v) is 8.04. The SMILES string of the molecule is COc1ccc(CCC(=O)c2ccncc2-n2cccc2)c(OC)c1. The Morgan fingerprint density at radius 2 is 1.92 bits per heavy atom. The predicted octanol–water partition coefficient (Wildman–Crippen LogP) is 3.71. The predicted molar refractivity (Wildman–Crippen MR) is 95.8 cm³/mol. The van der Waals surface area contributed by atoms with Crippen molar-refractivity contribution in [2.24, 2.45) is 0 Å². The highest BCUT2D eigenvalue weighted by atomic mass is 16.5. The molecule has 0 unspecified atom stereocenters. The molecule has 1 aromatic carbocycles. The first-order valence-electron chi connectivity index (χ1n) is 8.04. The fourth-order valence-electron chi connectivity index (χ4n) is 2.76. The van der Waals surface area contributed by atoms with Gasteiger partial charge in [0.25, 0.3) is 0 Å². The van der Waals surface area contributed by atoms with E-state index in [-0.39, 0.29) is 5.78 Å². The van der Waals surface area contributed by atoms with Gasteiger partial charge < -0.3 is 14.0 Å². The van der Waals surface area contributed by atoms with Crippen LogP contribution in [0.3, 0.4) is 0 Å². The third-order valence-corrected chi connectivity index (χ3v) is 4.10. The highest BCUT2D eigenvalue weighted by Gasteiger charge is 2.14. The van der Waals surface area contributed by atoms with Gasteiger partial charge in [0.1, 0.15) is 11.5 Å². The molecule has 2 heterocycles. The number of aromatic nitrogens is 2. The lowest BCUT2D eigenvalue weighted by Crippen LogP contribution is -2.07. The second kappa shape index (κ2) is 7.66. The average molecular weight is 336 g/mol. The number of pyridine rings is 1. The number of hydrogen-bond donors (Lipinski definition) is 0. The molecule has 0 radical (unpaired) electrons. The molecule has 0 N–H and O–H groups in total. The smallest absolute Gasteiger partial charge is 0.165 e. The summed E-state index contributed by atoms with van der Waals surface area (Å²) in [6.07, 6.45) is 8.15. The van der Waals surface area contributed by atoms with Crippen LogP contribution in [0, 0.1) is 0 Å². The van der Waals surface area contributed by atoms with Crippen LogP contribution >= 0.6 is 0 Å². The van der Waals surface area contributed by atoms with Crippen molar-refractivity contribution in [1.82, 2.24) is 9.55 Å². The molecule has 25 heavy (non-hydrogen) atoms. The summed E-state index contributed by atoms with van der Waals surface area (Å²) in [5, 5.41) is 0. The van der Waals surface area contributed by atoms with Crippen LogP contribution in [0.4, 0.5) is 0 Å². The van der Waals surface area contributed by atoms with Crippen LogP contribution in [0.2, 0.25) is 0 Å². The Morgan fingerprint density at radius 3 is 2.64 bits per heavy atom. The third kappa shape index (κ3) is 3.71. The van der Waals surface area contributed by atoms with Crippen molar-refractivity contribution in [3.8, 4) is 17.2 Å². The topological polar surface area (TPSA) is 53.3 Å². The van der Waals surface area contributed by atoms with E-state index in [0.29, 0.717) is 18.4 Å². The number of rotatable bonds is 7. The zero-order valence-corrected chi connectivity index (χ0v) is 14.3. The Kier molecular flexibility index (Phi) is 5.14. The summed E-state index contributed by atoms with van der Waals surface area (Å²) in [5.74, 6) is 1.53. The molecule has 5 heteroatoms. The van der Waals surface area contributed by atoms with Crippen LogP contribution in [0.25, 0.3) is 5.69 Å². The van der Waals surface area contributed by atoms with Crippen molar-refractivity contribution >= 4 is 5.78 Å². The maximum Gasteiger partial charge on any atom is 0.165 e. The highest BCUT2D eigenvalue weighted by molar-refractivity contribution is 5.99. The van der Waals surface area contributed by atoms with Crippen molar-refractivity contribution in [2.45, 2.75) is 12.8 Å². The van der Waals surface area contributed by atoms with E-state index in [1.165, 1.54) is 0 Å². The fourth-order valence-corrected chi connectivity index (χ4v) is 2.76. The molecule has 0 bridgehead atoms. The molecule has 0 spiro atoms. The summed E-state index contributed by atoms with van der Waals surface area (Å²) in [6.45, 7) is 0. The van der Waals surface area contributed by atoms with Crippen LogP contribution < -0.4 is 9.47 Å². The minimum Gasteiger partial charge on any atom is -0.497 e. The van der Waals surface area contributed by atoms with Gasteiger partial charge in [0.15, 0.2) is 5.78 Å². The van der Waals surface area contributed by atoms with E-state index in [1.807, 2.05) is 47.3 Å². The maximum atomic E-state index is 12.8. The van der Waals surface area contributed by atoms with E-state index in [2.05, 4.69) is 4.98 Å². The number of ketones is 1. The number of aryl methyl sites for hydroxylation is 1. The van der Waals surface area contributed by atoms with E-state index in [0.717, 1.165) is 22.7 Å². The van der Waals surface area contributed by atoms with E-state index < -0.39 is 0 Å². The quantitative estimate of drug-likeness (QED) is 0.617. The number of ether oxygens (including phenoxy) is 2. The second-order valence-electron chi connectivity index (χ2n) is 5.58. The lowest BCUT2D eigenvalue weighted by Gasteiger charge is -2.11. The summed E-state index contributed by atoms with van der Waals surface area (Å²) in [7, 11) is 3.23. The Morgan fingerprint density at radius 1 is 1.12 bits per heavy atom. The molecular weight excluding hydrogens is 316 g/mol. The molecule has 0 aliphatic carbocycles. The Labute approximate surface area is 146 Å². The Hall–Kier alpha value is -3.08. The second-order valence-corrected chi connectivity index (χ2v) is 5.58. The van der Waals surface area contributed by atoms with Crippen LogP contribution in [0.15, 0.2) is 61.2 Å². The summed E-state index contributed by atoms with van der Waals surface area (Å²) in [5.41, 5.74) is 2.44. The van der Waals surface area contributed by atoms with Gasteiger partial charge in [-0.25, -0.2) is 0 Å². The molecule has 0 saturated heterocycles. The molecule has 3 aromatic rings. The van der Waals surface area contributed by atoms with Gasteiger partial charge in [-0.15, -0.1) is 0 Å². The van der Waals surface area contributed by atoms with Gasteiger partial charge in [0, 0.05) is 36.6 Å². The number of Topliss-reactive ketones (excluding diaryl/α,β-unsaturated/α-hetero) is 1. The minimum atomic E-state index is 0.0731. The number of carbonyl (C=O) groups is 1. The largest absolute Gasteiger partial charge is 0.497 e. The van der Waals surface area contributed by atoms with E-state index in [1.54, 1.807) is 32.7 Å². The van der Waals surface area contributed by atoms with Gasteiger partial charge >= 0.3 is 0 Å². The van der Waals surface area contributed by atoms with Crippen molar-refractivity contribution in [2.75, 3.05) is 14.2 Å². The van der Waals surface area contributed by atoms with Crippen molar-refractivity contribution in [1.29, 1.82) is 0 Å². The first-order chi connectivity index (χ1) is 12.2. The average Bonchev–Trinajstić information content (AvgIpc) is 3.20. The minimum absolute atomic E-state index is 0.0731. The molecule has 0 aliphatic rings. The van der Waals surface area contributed by atoms with Gasteiger partial charge in [0.05, 0.1) is 26.1 Å². The third-order valence-electron chi connectivity index (χ3n) is 4.10. The van der Waals surface area contributed by atoms with Crippen LogP contribution in [-0.4, -0.2) is 29.6 Å². The van der Waals surface area contributed by atoms with E-state index >= 15 is 0 Å². The molecule has 0 fully saturated rings. The first kappa shape index (κ1) is 16.8. The van der Waals surface area contributed by atoms with Gasteiger partial charge in [0.2, 0.25) is 0 Å². The molecule has 128 valence electrons. The van der Waals surface area contributed by atoms with Gasteiger partial charge in [-0.05, 0) is 36.2 Å². The van der Waals surface area contributed by atoms with Crippen LogP contribution in [-0.2, 0) is 6.42 Å². The molecule has 0 aliphatic heterocycles. The number of methoxy groups -OCH3 is 2. The van der Waals surface area contributed by atoms with Crippen molar-refractivity contribution in [3.05, 3.63) is 72.3 Å². The normalized spacial score (nSPS) is 10.5. The van der Waals surface area contributed by atoms with E-state index in [4.69, 9.17) is 9.47 Å². The lowest BCUT2D eigenvalue weighted by atomic mass is 10.0. The van der Waals surface area contributed by atoms with E-state index in [9.17, 15) is 4.79 Å². The number of nitrogens with zero attached hydrogens (tertiary/aromatic N) is 2. The summed E-state index contributed by atoms with van der Waals surface area (Å²) in [4.78, 5) is 16.9. The van der Waals surface area contributed by atoms with Crippen LogP contribution in [0.5, 0.6) is 11.5 Å². The zero-order chi connectivity index (χ0) is 17.6. The summed E-state index contributed by atoms with van der Waals surface area (Å²) >= 11 is 0. The lowest BCUT2D eigenvalue weighted by molar-refractivity contribution is 0.0982. The molecular formula is C20H20N2O3. The van der Waals surface area contributed by atoms with Gasteiger partial charge in [-0.2, -0.15) is 0 Å². The fraction of sp³-hybridized carbons (Fsp3) is 0.200. The van der Waals surface area contributed by atoms with Crippen molar-refractivity contribution < 1.29 is 14.3 Å². The Balaban J connectivity index is 1.78. The highest BCUT2D eigenvalue weighted by Crippen LogP contribution is 2.26. The molecule has 0 atom stereocenters. The molecule has 0 saturated carbocycles. The number of hydrogen-bond acceptors (Lipinski definition) is 4. The molecule has 2 aromatic heterocycles. The van der Waals surface area contributed by atoms with Gasteiger partial charge in [-0.3, -0.25) is 9.78 Å². The number of benzene rings is 1.